The third-order valence-corrected chi connectivity index (χ3v) is 3.34. The minimum absolute atomic E-state index is 0.230. The first-order chi connectivity index (χ1) is 12.2. The smallest absolute Gasteiger partial charge is 0.290 e. The predicted octanol–water partition coefficient (Wildman–Crippen LogP) is 2.51. The van der Waals surface area contributed by atoms with E-state index in [2.05, 4.69) is 10.3 Å². The zero-order valence-corrected chi connectivity index (χ0v) is 13.6. The number of fused-ring (bicyclic) bond motifs is 1. The Bertz CT molecular complexity index is 830. The molecule has 0 saturated heterocycles. The maximum Gasteiger partial charge on any atom is 0.290 e. The van der Waals surface area contributed by atoms with Gasteiger partial charge in [-0.3, -0.25) is 14.6 Å². The Morgan fingerprint density at radius 3 is 2.80 bits per heavy atom. The molecule has 3 aromatic rings. The minimum atomic E-state index is -0.250. The Morgan fingerprint density at radius 2 is 2.12 bits per heavy atom. The molecule has 0 saturated carbocycles. The van der Waals surface area contributed by atoms with Crippen molar-refractivity contribution in [2.75, 3.05) is 13.7 Å². The molecule has 3 rings (SSSR count). The summed E-state index contributed by atoms with van der Waals surface area (Å²) in [6, 6.07) is 12.9. The summed E-state index contributed by atoms with van der Waals surface area (Å²) in [5.74, 6) is 0.797. The van der Waals surface area contributed by atoms with Gasteiger partial charge in [0.1, 0.15) is 11.3 Å². The fourth-order valence-corrected chi connectivity index (χ4v) is 2.20. The van der Waals surface area contributed by atoms with E-state index in [1.165, 1.54) is 0 Å². The Balaban J connectivity index is 0.000000701. The van der Waals surface area contributed by atoms with E-state index in [0.29, 0.717) is 24.3 Å². The summed E-state index contributed by atoms with van der Waals surface area (Å²) < 4.78 is 10.7. The Labute approximate surface area is 144 Å². The lowest BCUT2D eigenvalue weighted by Crippen LogP contribution is -2.25. The summed E-state index contributed by atoms with van der Waals surface area (Å²) in [6.07, 6.45) is 2.42. The summed E-state index contributed by atoms with van der Waals surface area (Å²) in [6.45, 7) is 0.260. The van der Waals surface area contributed by atoms with Crippen LogP contribution in [0, 0.1) is 0 Å². The molecule has 7 heteroatoms. The molecular formula is C18H18N2O5. The van der Waals surface area contributed by atoms with E-state index in [1.54, 1.807) is 31.5 Å². The van der Waals surface area contributed by atoms with E-state index in [0.717, 1.165) is 16.8 Å². The van der Waals surface area contributed by atoms with Crippen LogP contribution in [0.3, 0.4) is 0 Å². The number of hydrogen-bond acceptors (Lipinski definition) is 5. The van der Waals surface area contributed by atoms with Crippen LogP contribution >= 0.6 is 0 Å². The molecule has 0 aliphatic heterocycles. The molecule has 130 valence electrons. The van der Waals surface area contributed by atoms with Crippen molar-refractivity contribution in [1.82, 2.24) is 10.3 Å². The van der Waals surface area contributed by atoms with Crippen LogP contribution < -0.4 is 10.1 Å². The average Bonchev–Trinajstić information content (AvgIpc) is 3.06. The van der Waals surface area contributed by atoms with Gasteiger partial charge in [-0.05, 0) is 36.4 Å². The van der Waals surface area contributed by atoms with Gasteiger partial charge in [0.2, 0.25) is 0 Å². The number of aromatic nitrogens is 1. The van der Waals surface area contributed by atoms with Crippen molar-refractivity contribution in [3.8, 4) is 5.75 Å². The van der Waals surface area contributed by atoms with E-state index >= 15 is 0 Å². The second kappa shape index (κ2) is 9.07. The van der Waals surface area contributed by atoms with E-state index in [4.69, 9.17) is 19.1 Å². The number of furan rings is 1. The Hall–Kier alpha value is -3.35. The number of hydrogen-bond donors (Lipinski definition) is 2. The number of pyridine rings is 1. The molecule has 0 bridgehead atoms. The van der Waals surface area contributed by atoms with Crippen molar-refractivity contribution in [2.45, 2.75) is 6.42 Å². The molecule has 0 unspecified atom stereocenters. The summed E-state index contributed by atoms with van der Waals surface area (Å²) in [7, 11) is 1.60. The summed E-state index contributed by atoms with van der Waals surface area (Å²) in [5, 5.41) is 10.6. The number of carbonyl (C=O) groups excluding carboxylic acids is 1. The monoisotopic (exact) mass is 342 g/mol. The number of benzene rings is 1. The molecule has 2 aromatic heterocycles. The number of amides is 1. The fourth-order valence-electron chi connectivity index (χ4n) is 2.20. The number of ether oxygens (including phenoxy) is 1. The molecule has 25 heavy (non-hydrogen) atoms. The number of nitrogens with one attached hydrogen (secondary N) is 1. The zero-order valence-electron chi connectivity index (χ0n) is 13.6. The highest BCUT2D eigenvalue weighted by atomic mass is 16.5. The Morgan fingerprint density at radius 1 is 1.32 bits per heavy atom. The molecule has 0 radical (unpaired) electrons. The van der Waals surface area contributed by atoms with Gasteiger partial charge in [-0.25, -0.2) is 0 Å². The molecule has 2 N–H and O–H groups in total. The zero-order chi connectivity index (χ0) is 18.1. The largest absolute Gasteiger partial charge is 0.497 e. The first-order valence-electron chi connectivity index (χ1n) is 7.51. The molecular weight excluding hydrogens is 324 g/mol. The molecule has 1 amide bonds. The maximum absolute atomic E-state index is 12.1. The van der Waals surface area contributed by atoms with Gasteiger partial charge in [-0.15, -0.1) is 0 Å². The molecule has 7 nitrogen and oxygen atoms in total. The molecule has 2 heterocycles. The van der Waals surface area contributed by atoms with Crippen molar-refractivity contribution < 1.29 is 23.8 Å². The first-order valence-corrected chi connectivity index (χ1v) is 7.51. The van der Waals surface area contributed by atoms with Crippen LogP contribution in [0.25, 0.3) is 11.0 Å². The van der Waals surface area contributed by atoms with Gasteiger partial charge in [-0.2, -0.15) is 0 Å². The molecule has 0 fully saturated rings. The van der Waals surface area contributed by atoms with Crippen LogP contribution in [0.1, 0.15) is 16.2 Å². The van der Waals surface area contributed by atoms with Gasteiger partial charge < -0.3 is 19.6 Å². The lowest BCUT2D eigenvalue weighted by Gasteiger charge is -2.02. The van der Waals surface area contributed by atoms with Gasteiger partial charge in [0.15, 0.2) is 5.76 Å². The maximum atomic E-state index is 12.1. The van der Waals surface area contributed by atoms with Crippen LogP contribution in [-0.2, 0) is 11.2 Å². The number of nitrogens with zero attached hydrogens (tertiary/aromatic N) is 1. The summed E-state index contributed by atoms with van der Waals surface area (Å²) >= 11 is 0. The van der Waals surface area contributed by atoms with Crippen LogP contribution in [-0.4, -0.2) is 36.1 Å². The van der Waals surface area contributed by atoms with E-state index in [1.807, 2.05) is 24.3 Å². The highest BCUT2D eigenvalue weighted by molar-refractivity contribution is 5.96. The lowest BCUT2D eigenvalue weighted by atomic mass is 10.2. The van der Waals surface area contributed by atoms with Gasteiger partial charge in [-0.1, -0.05) is 6.07 Å². The van der Waals surface area contributed by atoms with Crippen LogP contribution in [0.2, 0.25) is 0 Å². The minimum Gasteiger partial charge on any atom is -0.497 e. The van der Waals surface area contributed by atoms with Crippen molar-refractivity contribution in [2.24, 2.45) is 0 Å². The topological polar surface area (TPSA) is 102 Å². The van der Waals surface area contributed by atoms with Crippen molar-refractivity contribution >= 4 is 23.3 Å². The van der Waals surface area contributed by atoms with Crippen molar-refractivity contribution in [1.29, 1.82) is 0 Å². The second-order valence-electron chi connectivity index (χ2n) is 4.95. The SMILES string of the molecule is COc1ccc2oc(C(=O)NCCc3ccccn3)cc2c1.O=CO. The average molecular weight is 342 g/mol. The highest BCUT2D eigenvalue weighted by Crippen LogP contribution is 2.24. The summed E-state index contributed by atoms with van der Waals surface area (Å²) in [5.41, 5.74) is 1.60. The number of methoxy groups -OCH3 is 1. The standard InChI is InChI=1S/C17H16N2O3.CH2O2/c1-21-14-5-6-15-12(10-14)11-16(22-15)17(20)19-9-7-13-4-2-3-8-18-13;2-1-3/h2-6,8,10-11H,7,9H2,1H3,(H,19,20);1H,(H,2,3). The third kappa shape index (κ3) is 5.07. The van der Waals surface area contributed by atoms with Gasteiger partial charge >= 0.3 is 0 Å². The quantitative estimate of drug-likeness (QED) is 0.691. The molecule has 1 aromatic carbocycles. The van der Waals surface area contributed by atoms with Crippen molar-refractivity contribution in [3.05, 3.63) is 60.1 Å². The summed E-state index contributed by atoms with van der Waals surface area (Å²) in [4.78, 5) is 24.7. The first kappa shape index (κ1) is 18.0. The molecule has 0 atom stereocenters. The molecule has 0 aliphatic carbocycles. The van der Waals surface area contributed by atoms with E-state index < -0.39 is 0 Å². The lowest BCUT2D eigenvalue weighted by molar-refractivity contribution is -0.122. The molecule has 0 aliphatic rings. The second-order valence-corrected chi connectivity index (χ2v) is 4.95. The molecule has 0 spiro atoms. The van der Waals surface area contributed by atoms with Crippen LogP contribution in [0.15, 0.2) is 53.1 Å². The third-order valence-electron chi connectivity index (χ3n) is 3.34. The van der Waals surface area contributed by atoms with Crippen LogP contribution in [0.5, 0.6) is 5.75 Å². The van der Waals surface area contributed by atoms with Gasteiger partial charge in [0.25, 0.3) is 12.4 Å². The number of carboxylic acid groups (broad SMARTS) is 1. The predicted molar refractivity (Wildman–Crippen MR) is 91.7 cm³/mol. The number of rotatable bonds is 5. The van der Waals surface area contributed by atoms with Gasteiger partial charge in [0.05, 0.1) is 7.11 Å². The van der Waals surface area contributed by atoms with Gasteiger partial charge in [0, 0.05) is 30.2 Å². The van der Waals surface area contributed by atoms with E-state index in [-0.39, 0.29) is 12.4 Å². The van der Waals surface area contributed by atoms with Crippen molar-refractivity contribution in [3.63, 3.8) is 0 Å². The fraction of sp³-hybridized carbons (Fsp3) is 0.167. The van der Waals surface area contributed by atoms with E-state index in [9.17, 15) is 4.79 Å². The number of carbonyl (C=O) groups is 2. The van der Waals surface area contributed by atoms with Crippen LogP contribution in [0.4, 0.5) is 0 Å². The normalized spacial score (nSPS) is 9.80. The highest BCUT2D eigenvalue weighted by Gasteiger charge is 2.12. The Kier molecular flexibility index (Phi) is 6.53.